The molecule has 0 radical (unpaired) electrons. The van der Waals surface area contributed by atoms with E-state index in [4.69, 9.17) is 9.47 Å². The van der Waals surface area contributed by atoms with Crippen LogP contribution in [0.25, 0.3) is 0 Å². The molecule has 0 spiro atoms. The van der Waals surface area contributed by atoms with Crippen LogP contribution < -0.4 is 68.3 Å². The fraction of sp³-hybridized carbons (Fsp3) is 0.143. The zero-order valence-electron chi connectivity index (χ0n) is 12.3. The van der Waals surface area contributed by atoms with E-state index in [0.717, 1.165) is 30.7 Å². The van der Waals surface area contributed by atoms with Gasteiger partial charge in [-0.2, -0.15) is 10.6 Å². The standard InChI is InChI=1S/C14H14O2P.BrH.ClH.Li.Mg/c1-15-11-7-3-5-9-13(11)17-14-10-6-4-8-12(14)16-2;;;;/h3-10H,1-2H3;2*1H;;/q-1;;;+1;+2/p-2. The number of halogens is 2. The third-order valence-corrected chi connectivity index (χ3v) is 3.63. The monoisotopic (exact) mass is 390 g/mol. The SMILES string of the molecule is COc1ccccc1[P-]c1ccccc1OC.[Br-].[Cl-].[Li+].[Mg+2]. The van der Waals surface area contributed by atoms with Crippen LogP contribution in [0.4, 0.5) is 0 Å². The van der Waals surface area contributed by atoms with Crippen molar-refractivity contribution in [2.24, 2.45) is 0 Å². The minimum Gasteiger partial charge on any atom is -1.00 e. The van der Waals surface area contributed by atoms with Crippen LogP contribution in [0.2, 0.25) is 0 Å². The maximum absolute atomic E-state index is 5.34. The van der Waals surface area contributed by atoms with E-state index in [2.05, 4.69) is 12.1 Å². The molecular formula is C14H14BrClLiMgO2P. The summed E-state index contributed by atoms with van der Waals surface area (Å²) in [6.45, 7) is 0. The van der Waals surface area contributed by atoms with Gasteiger partial charge in [-0.05, 0) is 12.1 Å². The first-order valence-corrected chi connectivity index (χ1v) is 6.22. The Labute approximate surface area is 173 Å². The number of methoxy groups -OCH3 is 2. The van der Waals surface area contributed by atoms with E-state index in [1.807, 2.05) is 36.4 Å². The molecule has 0 saturated carbocycles. The van der Waals surface area contributed by atoms with E-state index in [1.54, 1.807) is 14.2 Å². The molecule has 0 fully saturated rings. The molecular weight excluding hydrogens is 378 g/mol. The summed E-state index contributed by atoms with van der Waals surface area (Å²) in [7, 11) is 4.47. The van der Waals surface area contributed by atoms with E-state index in [-0.39, 0.29) is 71.3 Å². The fourth-order valence-electron chi connectivity index (χ4n) is 1.57. The summed E-state index contributed by atoms with van der Waals surface area (Å²) >= 11 is 0. The first kappa shape index (κ1) is 26.5. The number of hydrogen-bond acceptors (Lipinski definition) is 2. The van der Waals surface area contributed by atoms with Crippen molar-refractivity contribution < 1.29 is 57.7 Å². The number of rotatable bonds is 4. The van der Waals surface area contributed by atoms with Crippen molar-refractivity contribution in [3.05, 3.63) is 48.5 Å². The van der Waals surface area contributed by atoms with Gasteiger partial charge in [0.2, 0.25) is 0 Å². The molecule has 0 aliphatic rings. The second-order valence-electron chi connectivity index (χ2n) is 3.46. The summed E-state index contributed by atoms with van der Waals surface area (Å²) in [6.07, 6.45) is 0. The van der Waals surface area contributed by atoms with Gasteiger partial charge in [0.05, 0.1) is 25.7 Å². The average Bonchev–Trinajstić information content (AvgIpc) is 2.40. The van der Waals surface area contributed by atoms with Crippen LogP contribution >= 0.6 is 8.58 Å². The van der Waals surface area contributed by atoms with Gasteiger partial charge in [-0.1, -0.05) is 36.4 Å². The van der Waals surface area contributed by atoms with Crippen LogP contribution in [-0.4, -0.2) is 37.3 Å². The third-order valence-electron chi connectivity index (χ3n) is 2.41. The molecule has 2 aromatic carbocycles. The Balaban J connectivity index is -0.000000810. The Morgan fingerprint density at radius 1 is 0.762 bits per heavy atom. The van der Waals surface area contributed by atoms with Crippen LogP contribution in [0.1, 0.15) is 0 Å². The average molecular weight is 392 g/mol. The van der Waals surface area contributed by atoms with Crippen molar-refractivity contribution in [1.29, 1.82) is 0 Å². The van der Waals surface area contributed by atoms with E-state index in [9.17, 15) is 0 Å². The molecule has 0 aliphatic carbocycles. The van der Waals surface area contributed by atoms with Gasteiger partial charge in [-0.15, -0.1) is 0 Å². The molecule has 0 aliphatic heterocycles. The topological polar surface area (TPSA) is 18.5 Å². The van der Waals surface area contributed by atoms with Gasteiger partial charge in [-0.25, -0.2) is 0 Å². The first-order valence-electron chi connectivity index (χ1n) is 5.33. The molecule has 0 atom stereocenters. The Morgan fingerprint density at radius 3 is 1.43 bits per heavy atom. The molecule has 0 N–H and O–H groups in total. The zero-order valence-corrected chi connectivity index (χ0v) is 17.0. The zero-order chi connectivity index (χ0) is 12.1. The van der Waals surface area contributed by atoms with Gasteiger partial charge < -0.3 is 47.4 Å². The van der Waals surface area contributed by atoms with Crippen LogP contribution in [0.5, 0.6) is 11.5 Å². The van der Waals surface area contributed by atoms with Crippen molar-refractivity contribution in [2.45, 2.75) is 0 Å². The summed E-state index contributed by atoms with van der Waals surface area (Å²) in [5.74, 6) is 1.81. The second kappa shape index (κ2) is 14.2. The van der Waals surface area contributed by atoms with Gasteiger partial charge in [0.15, 0.2) is 0 Å². The molecule has 7 heteroatoms. The summed E-state index contributed by atoms with van der Waals surface area (Å²) in [5, 5.41) is 2.28. The molecule has 2 nitrogen and oxygen atoms in total. The van der Waals surface area contributed by atoms with Gasteiger partial charge >= 0.3 is 41.9 Å². The Bertz CT molecular complexity index is 474. The van der Waals surface area contributed by atoms with Crippen molar-refractivity contribution in [3.63, 3.8) is 0 Å². The van der Waals surface area contributed by atoms with Gasteiger partial charge in [0.1, 0.15) is 0 Å². The number of benzene rings is 2. The summed E-state index contributed by atoms with van der Waals surface area (Å²) in [4.78, 5) is 0. The fourth-order valence-corrected chi connectivity index (χ4v) is 2.71. The smallest absolute Gasteiger partial charge is 1.00 e. The number of hydrogen-bond donors (Lipinski definition) is 0. The summed E-state index contributed by atoms with van der Waals surface area (Å²) < 4.78 is 10.7. The van der Waals surface area contributed by atoms with Crippen molar-refractivity contribution in [1.82, 2.24) is 0 Å². The quantitative estimate of drug-likeness (QED) is 0.381. The van der Waals surface area contributed by atoms with Crippen LogP contribution in [0, 0.1) is 0 Å². The Kier molecular flexibility index (Phi) is 17.9. The van der Waals surface area contributed by atoms with E-state index >= 15 is 0 Å². The predicted molar refractivity (Wildman–Crippen MR) is 77.9 cm³/mol. The number of para-hydroxylation sites is 2. The van der Waals surface area contributed by atoms with Crippen molar-refractivity contribution in [3.8, 4) is 11.5 Å². The minimum atomic E-state index is 0. The van der Waals surface area contributed by atoms with Gasteiger partial charge in [0.25, 0.3) is 0 Å². The molecule has 0 unspecified atom stereocenters. The third kappa shape index (κ3) is 7.61. The van der Waals surface area contributed by atoms with Crippen molar-refractivity contribution >= 4 is 42.2 Å². The van der Waals surface area contributed by atoms with Gasteiger partial charge in [-0.3, -0.25) is 0 Å². The van der Waals surface area contributed by atoms with Crippen LogP contribution in [-0.2, 0) is 0 Å². The summed E-state index contributed by atoms with van der Waals surface area (Å²) in [5.41, 5.74) is 0. The van der Waals surface area contributed by atoms with E-state index < -0.39 is 0 Å². The molecule has 0 saturated heterocycles. The molecule has 0 bridgehead atoms. The molecule has 0 aromatic heterocycles. The predicted octanol–water partition coefficient (Wildman–Crippen LogP) is -6.77. The van der Waals surface area contributed by atoms with Crippen LogP contribution in [0.3, 0.4) is 0 Å². The molecule has 0 heterocycles. The Hall–Kier alpha value is 0.604. The molecule has 2 rings (SSSR count). The Morgan fingerprint density at radius 2 is 1.10 bits per heavy atom. The number of ether oxygens (including phenoxy) is 2. The normalized spacial score (nSPS) is 8.10. The van der Waals surface area contributed by atoms with E-state index in [1.165, 1.54) is 0 Å². The molecule has 2 aromatic rings. The van der Waals surface area contributed by atoms with Gasteiger partial charge in [0, 0.05) is 0 Å². The van der Waals surface area contributed by atoms with Crippen molar-refractivity contribution in [2.75, 3.05) is 14.2 Å². The molecule has 21 heavy (non-hydrogen) atoms. The second-order valence-corrected chi connectivity index (χ2v) is 4.64. The maximum atomic E-state index is 5.34. The minimum absolute atomic E-state index is 0. The largest absolute Gasteiger partial charge is 2.00 e. The maximum Gasteiger partial charge on any atom is 2.00 e. The van der Waals surface area contributed by atoms with Crippen LogP contribution in [0.15, 0.2) is 48.5 Å². The summed E-state index contributed by atoms with van der Waals surface area (Å²) in [6, 6.07) is 16.0. The first-order chi connectivity index (χ1) is 8.35. The van der Waals surface area contributed by atoms with E-state index in [0.29, 0.717) is 0 Å². The molecule has 0 amide bonds. The molecule has 104 valence electrons.